The second-order valence-corrected chi connectivity index (χ2v) is 13.3. The highest BCUT2D eigenvalue weighted by Gasteiger charge is 2.30. The van der Waals surface area contributed by atoms with E-state index in [-0.39, 0.29) is 0 Å². The molecule has 166 valence electrons. The Balaban J connectivity index is 1.57. The predicted molar refractivity (Wildman–Crippen MR) is 125 cm³/mol. The Morgan fingerprint density at radius 1 is 1.13 bits per heavy atom. The fourth-order valence-electron chi connectivity index (χ4n) is 5.06. The lowest BCUT2D eigenvalue weighted by molar-refractivity contribution is 0.183. The lowest BCUT2D eigenvalue weighted by Crippen LogP contribution is -2.41. The van der Waals surface area contributed by atoms with Crippen molar-refractivity contribution in [3.05, 3.63) is 22.5 Å². The molecular weight excluding hydrogens is 414 g/mol. The Morgan fingerprint density at radius 3 is 2.43 bits per heavy atom. The van der Waals surface area contributed by atoms with Crippen LogP contribution in [0.4, 0.5) is 0 Å². The molecule has 2 fully saturated rings. The Bertz CT molecular complexity index is 989. The molecule has 3 heterocycles. The van der Waals surface area contributed by atoms with Crippen molar-refractivity contribution < 1.29 is 8.42 Å². The van der Waals surface area contributed by atoms with Crippen molar-refractivity contribution in [1.29, 1.82) is 0 Å². The number of thiophene rings is 1. The quantitative estimate of drug-likeness (QED) is 0.637. The zero-order chi connectivity index (χ0) is 21.5. The molecule has 0 spiro atoms. The molecule has 0 bridgehead atoms. The number of aromatic nitrogens is 2. The number of rotatable bonds is 5. The highest BCUT2D eigenvalue weighted by molar-refractivity contribution is 7.91. The van der Waals surface area contributed by atoms with Crippen molar-refractivity contribution in [3.8, 4) is 0 Å². The number of hydrogen-bond acceptors (Lipinski definition) is 6. The molecule has 1 saturated heterocycles. The van der Waals surface area contributed by atoms with Crippen molar-refractivity contribution in [2.24, 2.45) is 5.41 Å². The van der Waals surface area contributed by atoms with Crippen LogP contribution in [0, 0.1) is 12.3 Å². The Morgan fingerprint density at radius 2 is 1.80 bits per heavy atom. The van der Waals surface area contributed by atoms with Gasteiger partial charge in [0.1, 0.15) is 20.5 Å². The molecule has 0 aromatic carbocycles. The molecule has 0 amide bonds. The molecular formula is C23H35N3O2S2. The van der Waals surface area contributed by atoms with E-state index in [1.807, 2.05) is 18.3 Å². The predicted octanol–water partition coefficient (Wildman–Crippen LogP) is 5.08. The van der Waals surface area contributed by atoms with Gasteiger partial charge in [0, 0.05) is 22.8 Å². The summed E-state index contributed by atoms with van der Waals surface area (Å²) in [5.74, 6) is 2.11. The van der Waals surface area contributed by atoms with Crippen LogP contribution in [0.5, 0.6) is 0 Å². The molecule has 1 aliphatic carbocycles. The highest BCUT2D eigenvalue weighted by Crippen LogP contribution is 2.45. The summed E-state index contributed by atoms with van der Waals surface area (Å²) < 4.78 is 23.7. The van der Waals surface area contributed by atoms with Crippen LogP contribution in [0.1, 0.15) is 81.6 Å². The molecule has 2 aromatic heterocycles. The summed E-state index contributed by atoms with van der Waals surface area (Å²) in [6.45, 7) is 10.6. The van der Waals surface area contributed by atoms with Crippen molar-refractivity contribution in [2.45, 2.75) is 84.7 Å². The smallest absolute Gasteiger partial charge is 0.150 e. The van der Waals surface area contributed by atoms with Crippen LogP contribution >= 0.6 is 11.3 Å². The summed E-state index contributed by atoms with van der Waals surface area (Å²) in [4.78, 5) is 14.6. The summed E-state index contributed by atoms with van der Waals surface area (Å²) in [6, 6.07) is 2.68. The number of fused-ring (bicyclic) bond motifs is 1. The van der Waals surface area contributed by atoms with Crippen molar-refractivity contribution in [1.82, 2.24) is 14.9 Å². The van der Waals surface area contributed by atoms with Gasteiger partial charge in [-0.2, -0.15) is 0 Å². The summed E-state index contributed by atoms with van der Waals surface area (Å²) >= 11 is 1.85. The Hall–Kier alpha value is -1.05. The first-order chi connectivity index (χ1) is 14.2. The van der Waals surface area contributed by atoms with Gasteiger partial charge in [-0.1, -0.05) is 20.8 Å². The first kappa shape index (κ1) is 22.2. The molecule has 0 unspecified atom stereocenters. The molecule has 1 saturated carbocycles. The zero-order valence-corrected chi connectivity index (χ0v) is 20.4. The third-order valence-electron chi connectivity index (χ3n) is 7.14. The maximum atomic E-state index is 11.8. The van der Waals surface area contributed by atoms with Gasteiger partial charge in [0.25, 0.3) is 0 Å². The van der Waals surface area contributed by atoms with E-state index in [1.165, 1.54) is 35.9 Å². The summed E-state index contributed by atoms with van der Waals surface area (Å²) in [5.41, 5.74) is 1.58. The van der Waals surface area contributed by atoms with Gasteiger partial charge in [0.15, 0.2) is 0 Å². The molecule has 1 aliphatic heterocycles. The van der Waals surface area contributed by atoms with Crippen LogP contribution in [0.25, 0.3) is 10.2 Å². The third-order valence-corrected chi connectivity index (χ3v) is 10.1. The maximum absolute atomic E-state index is 11.8. The number of nitrogens with zero attached hydrogens (tertiary/aromatic N) is 3. The van der Waals surface area contributed by atoms with Gasteiger partial charge >= 0.3 is 0 Å². The van der Waals surface area contributed by atoms with Crippen LogP contribution in [-0.4, -0.2) is 47.4 Å². The average Bonchev–Trinajstić information content (AvgIpc) is 3.10. The molecule has 0 N–H and O–H groups in total. The lowest BCUT2D eigenvalue weighted by Gasteiger charge is -2.33. The van der Waals surface area contributed by atoms with E-state index in [0.717, 1.165) is 42.3 Å². The van der Waals surface area contributed by atoms with Crippen molar-refractivity contribution in [2.75, 3.05) is 18.1 Å². The normalized spacial score (nSPS) is 22.7. The largest absolute Gasteiger partial charge is 0.295 e. The van der Waals surface area contributed by atoms with Crippen LogP contribution < -0.4 is 0 Å². The molecule has 4 rings (SSSR count). The molecule has 2 aliphatic rings. The number of sulfone groups is 1. The maximum Gasteiger partial charge on any atom is 0.150 e. The summed E-state index contributed by atoms with van der Waals surface area (Å²) in [5, 5.41) is 1.20. The number of aryl methyl sites for hydroxylation is 1. The number of hydrogen-bond donors (Lipinski definition) is 0. The molecule has 2 aromatic rings. The van der Waals surface area contributed by atoms with Gasteiger partial charge in [-0.05, 0) is 69.4 Å². The summed E-state index contributed by atoms with van der Waals surface area (Å²) in [7, 11) is -2.84. The second-order valence-electron chi connectivity index (χ2n) is 9.97. The van der Waals surface area contributed by atoms with Crippen LogP contribution in [-0.2, 0) is 16.4 Å². The van der Waals surface area contributed by atoms with Gasteiger partial charge in [0.2, 0.25) is 0 Å². The van der Waals surface area contributed by atoms with Gasteiger partial charge in [-0.3, -0.25) is 4.90 Å². The van der Waals surface area contributed by atoms with Crippen LogP contribution in [0.15, 0.2) is 6.07 Å². The zero-order valence-electron chi connectivity index (χ0n) is 18.8. The second kappa shape index (κ2) is 8.47. The van der Waals surface area contributed by atoms with Crippen LogP contribution in [0.2, 0.25) is 0 Å². The van der Waals surface area contributed by atoms with Gasteiger partial charge in [-0.25, -0.2) is 18.4 Å². The Labute approximate surface area is 185 Å². The highest BCUT2D eigenvalue weighted by atomic mass is 32.2. The monoisotopic (exact) mass is 449 g/mol. The average molecular weight is 450 g/mol. The van der Waals surface area contributed by atoms with Gasteiger partial charge in [-0.15, -0.1) is 11.3 Å². The van der Waals surface area contributed by atoms with Crippen LogP contribution in [0.3, 0.4) is 0 Å². The molecule has 0 radical (unpaired) electrons. The first-order valence-electron chi connectivity index (χ1n) is 11.4. The standard InChI is InChI=1S/C23H35N3O2S2/c1-5-26(18-8-12-30(27,28)13-9-18)15-20-19-14-21(29-22(19)25-16(2)24-20)17-6-10-23(3,4)11-7-17/h14,17-18H,5-13,15H2,1-4H3. The van der Waals surface area contributed by atoms with E-state index in [9.17, 15) is 8.42 Å². The summed E-state index contributed by atoms with van der Waals surface area (Å²) in [6.07, 6.45) is 6.57. The SMILES string of the molecule is CCN(Cc1nc(C)nc2sc(C3CCC(C)(C)CC3)cc12)C1CCS(=O)(=O)CC1. The van der Waals surface area contributed by atoms with E-state index in [1.54, 1.807) is 0 Å². The minimum atomic E-state index is -2.84. The minimum absolute atomic E-state index is 0.313. The third kappa shape index (κ3) is 4.89. The topological polar surface area (TPSA) is 63.2 Å². The first-order valence-corrected chi connectivity index (χ1v) is 14.0. The molecule has 5 nitrogen and oxygen atoms in total. The van der Waals surface area contributed by atoms with Gasteiger partial charge in [0.05, 0.1) is 17.2 Å². The van der Waals surface area contributed by atoms with E-state index in [2.05, 4.69) is 31.7 Å². The van der Waals surface area contributed by atoms with Crippen molar-refractivity contribution in [3.63, 3.8) is 0 Å². The van der Waals surface area contributed by atoms with Gasteiger partial charge < -0.3 is 0 Å². The minimum Gasteiger partial charge on any atom is -0.295 e. The fourth-order valence-corrected chi connectivity index (χ4v) is 7.79. The molecule has 30 heavy (non-hydrogen) atoms. The fraction of sp³-hybridized carbons (Fsp3) is 0.739. The molecule has 0 atom stereocenters. The van der Waals surface area contributed by atoms with Crippen molar-refractivity contribution >= 4 is 31.4 Å². The molecule has 7 heteroatoms. The lowest BCUT2D eigenvalue weighted by atomic mass is 9.73. The Kier molecular flexibility index (Phi) is 6.26. The van der Waals surface area contributed by atoms with E-state index in [0.29, 0.717) is 28.9 Å². The van der Waals surface area contributed by atoms with E-state index in [4.69, 9.17) is 9.97 Å². The van der Waals surface area contributed by atoms with E-state index < -0.39 is 9.84 Å². The van der Waals surface area contributed by atoms with E-state index >= 15 is 0 Å².